The molecule has 1 fully saturated rings. The molecule has 0 saturated carbocycles. The van der Waals surface area contributed by atoms with E-state index in [1.54, 1.807) is 0 Å². The van der Waals surface area contributed by atoms with E-state index in [9.17, 15) is 4.79 Å². The number of carbonyl (C=O) groups excluding carboxylic acids is 1. The maximum absolute atomic E-state index is 11.8. The van der Waals surface area contributed by atoms with Crippen molar-refractivity contribution in [2.45, 2.75) is 25.4 Å². The summed E-state index contributed by atoms with van der Waals surface area (Å²) in [5.74, 6) is 3.29. The zero-order valence-electron chi connectivity index (χ0n) is 9.41. The Balaban J connectivity index is 2.21. The quantitative estimate of drug-likeness (QED) is 0.760. The van der Waals surface area contributed by atoms with Gasteiger partial charge in [0.1, 0.15) is 0 Å². The SMILES string of the molecule is CSCCC(C)NC(=O)C1CSCCN1. The van der Waals surface area contributed by atoms with Gasteiger partial charge in [0.05, 0.1) is 6.04 Å². The summed E-state index contributed by atoms with van der Waals surface area (Å²) in [4.78, 5) is 11.8. The Hall–Kier alpha value is 0.130. The van der Waals surface area contributed by atoms with E-state index in [-0.39, 0.29) is 11.9 Å². The summed E-state index contributed by atoms with van der Waals surface area (Å²) >= 11 is 3.67. The van der Waals surface area contributed by atoms with Gasteiger partial charge < -0.3 is 10.6 Å². The molecule has 0 radical (unpaired) electrons. The smallest absolute Gasteiger partial charge is 0.238 e. The van der Waals surface area contributed by atoms with Crippen LogP contribution in [-0.4, -0.2) is 48.0 Å². The van der Waals surface area contributed by atoms with Crippen molar-refractivity contribution < 1.29 is 4.79 Å². The van der Waals surface area contributed by atoms with Gasteiger partial charge in [0.15, 0.2) is 0 Å². The molecule has 0 aromatic carbocycles. The first-order chi connectivity index (χ1) is 7.24. The number of carbonyl (C=O) groups is 1. The second-order valence-corrected chi connectivity index (χ2v) is 5.91. The maximum atomic E-state index is 11.8. The van der Waals surface area contributed by atoms with Crippen molar-refractivity contribution in [1.29, 1.82) is 0 Å². The molecule has 3 nitrogen and oxygen atoms in total. The minimum atomic E-state index is 0.0143. The lowest BCUT2D eigenvalue weighted by Crippen LogP contribution is -2.51. The molecule has 88 valence electrons. The molecule has 1 heterocycles. The van der Waals surface area contributed by atoms with Gasteiger partial charge in [-0.1, -0.05) is 0 Å². The zero-order chi connectivity index (χ0) is 11.1. The summed E-state index contributed by atoms with van der Waals surface area (Å²) in [7, 11) is 0. The fraction of sp³-hybridized carbons (Fsp3) is 0.900. The second kappa shape index (κ2) is 7.41. The van der Waals surface area contributed by atoms with Crippen LogP contribution in [0.2, 0.25) is 0 Å². The Labute approximate surface area is 101 Å². The third-order valence-electron chi connectivity index (χ3n) is 2.38. The largest absolute Gasteiger partial charge is 0.352 e. The molecule has 2 unspecified atom stereocenters. The first-order valence-corrected chi connectivity index (χ1v) is 7.89. The van der Waals surface area contributed by atoms with Crippen molar-refractivity contribution in [1.82, 2.24) is 10.6 Å². The predicted octanol–water partition coefficient (Wildman–Crippen LogP) is 0.949. The molecule has 1 saturated heterocycles. The van der Waals surface area contributed by atoms with E-state index in [2.05, 4.69) is 23.8 Å². The Kier molecular flexibility index (Phi) is 6.52. The van der Waals surface area contributed by atoms with E-state index in [0.29, 0.717) is 6.04 Å². The summed E-state index contributed by atoms with van der Waals surface area (Å²) in [6.07, 6.45) is 3.14. The normalized spacial score (nSPS) is 23.5. The number of hydrogen-bond donors (Lipinski definition) is 2. The lowest BCUT2D eigenvalue weighted by Gasteiger charge is -2.24. The minimum Gasteiger partial charge on any atom is -0.352 e. The first kappa shape index (κ1) is 13.2. The molecule has 0 bridgehead atoms. The Morgan fingerprint density at radius 3 is 3.13 bits per heavy atom. The highest BCUT2D eigenvalue weighted by Crippen LogP contribution is 2.08. The standard InChI is InChI=1S/C10H20N2OS2/c1-8(3-5-14-2)12-10(13)9-7-15-6-4-11-9/h8-9,11H,3-7H2,1-2H3,(H,12,13). The van der Waals surface area contributed by atoms with Crippen LogP contribution in [0.25, 0.3) is 0 Å². The van der Waals surface area contributed by atoms with Crippen molar-refractivity contribution in [3.63, 3.8) is 0 Å². The van der Waals surface area contributed by atoms with Crippen LogP contribution in [0.5, 0.6) is 0 Å². The van der Waals surface area contributed by atoms with E-state index in [0.717, 1.165) is 30.2 Å². The van der Waals surface area contributed by atoms with Crippen LogP contribution in [0.4, 0.5) is 0 Å². The lowest BCUT2D eigenvalue weighted by atomic mass is 10.2. The molecule has 1 rings (SSSR count). The average Bonchev–Trinajstić information content (AvgIpc) is 2.27. The third kappa shape index (κ3) is 5.13. The van der Waals surface area contributed by atoms with Gasteiger partial charge in [-0.3, -0.25) is 4.79 Å². The van der Waals surface area contributed by atoms with Gasteiger partial charge in [0.25, 0.3) is 0 Å². The van der Waals surface area contributed by atoms with E-state index in [1.807, 2.05) is 23.5 Å². The molecule has 1 aliphatic heterocycles. The van der Waals surface area contributed by atoms with Crippen LogP contribution in [0.15, 0.2) is 0 Å². The number of rotatable bonds is 5. The van der Waals surface area contributed by atoms with E-state index in [4.69, 9.17) is 0 Å². The summed E-state index contributed by atoms with van der Waals surface area (Å²) < 4.78 is 0. The zero-order valence-corrected chi connectivity index (χ0v) is 11.0. The van der Waals surface area contributed by atoms with Gasteiger partial charge in [0, 0.05) is 24.1 Å². The van der Waals surface area contributed by atoms with Crippen molar-refractivity contribution in [3.8, 4) is 0 Å². The molecule has 0 spiro atoms. The van der Waals surface area contributed by atoms with E-state index >= 15 is 0 Å². The van der Waals surface area contributed by atoms with Gasteiger partial charge in [-0.25, -0.2) is 0 Å². The number of amides is 1. The fourth-order valence-electron chi connectivity index (χ4n) is 1.44. The Bertz CT molecular complexity index is 196. The van der Waals surface area contributed by atoms with Crippen molar-refractivity contribution in [2.75, 3.05) is 30.1 Å². The number of hydrogen-bond acceptors (Lipinski definition) is 4. The van der Waals surface area contributed by atoms with Crippen LogP contribution in [0.3, 0.4) is 0 Å². The second-order valence-electron chi connectivity index (χ2n) is 3.77. The van der Waals surface area contributed by atoms with Crippen LogP contribution in [-0.2, 0) is 4.79 Å². The molecular weight excluding hydrogens is 228 g/mol. The summed E-state index contributed by atoms with van der Waals surface area (Å²) in [6, 6.07) is 0.305. The molecule has 2 N–H and O–H groups in total. The molecule has 0 aromatic rings. The average molecular weight is 248 g/mol. The Morgan fingerprint density at radius 1 is 1.73 bits per heavy atom. The molecule has 15 heavy (non-hydrogen) atoms. The van der Waals surface area contributed by atoms with Crippen LogP contribution in [0.1, 0.15) is 13.3 Å². The van der Waals surface area contributed by atoms with Crippen molar-refractivity contribution >= 4 is 29.4 Å². The summed E-state index contributed by atoms with van der Waals surface area (Å²) in [5.41, 5.74) is 0. The van der Waals surface area contributed by atoms with E-state index in [1.165, 1.54) is 0 Å². The molecular formula is C10H20N2OS2. The third-order valence-corrected chi connectivity index (χ3v) is 4.09. The molecule has 5 heteroatoms. The van der Waals surface area contributed by atoms with Crippen molar-refractivity contribution in [2.24, 2.45) is 0 Å². The molecule has 0 aliphatic carbocycles. The van der Waals surface area contributed by atoms with Gasteiger partial charge >= 0.3 is 0 Å². The predicted molar refractivity (Wildman–Crippen MR) is 69.7 cm³/mol. The van der Waals surface area contributed by atoms with E-state index < -0.39 is 0 Å². The van der Waals surface area contributed by atoms with Crippen LogP contribution in [0, 0.1) is 0 Å². The van der Waals surface area contributed by atoms with Crippen LogP contribution < -0.4 is 10.6 Å². The van der Waals surface area contributed by atoms with Gasteiger partial charge in [-0.2, -0.15) is 23.5 Å². The summed E-state index contributed by atoms with van der Waals surface area (Å²) in [6.45, 7) is 3.02. The van der Waals surface area contributed by atoms with Crippen molar-refractivity contribution in [3.05, 3.63) is 0 Å². The number of nitrogens with one attached hydrogen (secondary N) is 2. The topological polar surface area (TPSA) is 41.1 Å². The van der Waals surface area contributed by atoms with Crippen LogP contribution >= 0.6 is 23.5 Å². The molecule has 1 amide bonds. The monoisotopic (exact) mass is 248 g/mol. The summed E-state index contributed by atoms with van der Waals surface area (Å²) in [5, 5.41) is 6.30. The van der Waals surface area contributed by atoms with Gasteiger partial charge in [0.2, 0.25) is 5.91 Å². The maximum Gasteiger partial charge on any atom is 0.238 e. The molecule has 2 atom stereocenters. The highest BCUT2D eigenvalue weighted by Gasteiger charge is 2.21. The Morgan fingerprint density at radius 2 is 2.53 bits per heavy atom. The minimum absolute atomic E-state index is 0.0143. The van der Waals surface area contributed by atoms with Gasteiger partial charge in [-0.05, 0) is 25.4 Å². The highest BCUT2D eigenvalue weighted by molar-refractivity contribution is 7.99. The number of thioether (sulfide) groups is 2. The lowest BCUT2D eigenvalue weighted by molar-refractivity contribution is -0.123. The molecule has 0 aromatic heterocycles. The highest BCUT2D eigenvalue weighted by atomic mass is 32.2. The van der Waals surface area contributed by atoms with Gasteiger partial charge in [-0.15, -0.1) is 0 Å². The first-order valence-electron chi connectivity index (χ1n) is 5.34. The molecule has 1 aliphatic rings. The fourth-order valence-corrected chi connectivity index (χ4v) is 2.97.